The zero-order valence-corrected chi connectivity index (χ0v) is 25.3. The number of alkyl halides is 5. The van der Waals surface area contributed by atoms with Gasteiger partial charge in [0.15, 0.2) is 11.6 Å². The van der Waals surface area contributed by atoms with Crippen LogP contribution in [0.5, 0.6) is 5.75 Å². The number of carbonyl (C=O) groups excluding carboxylic acids is 4. The fourth-order valence-corrected chi connectivity index (χ4v) is 8.82. The van der Waals surface area contributed by atoms with Crippen molar-refractivity contribution in [3.63, 3.8) is 0 Å². The Balaban J connectivity index is 1.22. The summed E-state index contributed by atoms with van der Waals surface area (Å²) in [4.78, 5) is 60.2. The number of carbonyl (C=O) groups is 4. The Hall–Kier alpha value is -4.10. The molecular weight excluding hydrogens is 638 g/mol. The maximum atomic E-state index is 15.5. The molecule has 1 unspecified atom stereocenters. The quantitative estimate of drug-likeness (QED) is 0.459. The Morgan fingerprint density at radius 2 is 1.87 bits per heavy atom. The van der Waals surface area contributed by atoms with Crippen LogP contribution in [0.4, 0.5) is 32.2 Å². The standard InChI is InChI=1S/C30H30F6N6O5/c1-27(2,3)20(39-26(46)30(35,36)24(32)33)23(44)41-9-14-13-6-29(34)17(13)18(29)16(14)19(41)22(43)42-10-28(5-12(42)7-37)25(45)40-21-15(47-28)4-11(31)8-38-21/h4,8,12-14,16-20,24H,5-6,9-10H2,1-3H3,(H,39,46)(H,38,40,45)/t12-,13-,14+,16+,17?,18+,19-,20+,28+,29+/m0/s1. The molecule has 0 aromatic carbocycles. The van der Waals surface area contributed by atoms with Gasteiger partial charge in [-0.1, -0.05) is 20.8 Å². The number of likely N-dealkylation sites (tertiary alicyclic amines) is 2. The molecule has 3 aliphatic carbocycles. The van der Waals surface area contributed by atoms with Crippen LogP contribution in [0.15, 0.2) is 12.3 Å². The van der Waals surface area contributed by atoms with E-state index in [1.165, 1.54) is 20.8 Å². The third-order valence-corrected chi connectivity index (χ3v) is 11.0. The molecular formula is C30H30F6N6O5. The van der Waals surface area contributed by atoms with Gasteiger partial charge in [-0.05, 0) is 29.6 Å². The van der Waals surface area contributed by atoms with Crippen LogP contribution >= 0.6 is 0 Å². The largest absolute Gasteiger partial charge is 0.471 e. The summed E-state index contributed by atoms with van der Waals surface area (Å²) in [6.07, 6.45) is -3.58. The summed E-state index contributed by atoms with van der Waals surface area (Å²) in [7, 11) is 0. The van der Waals surface area contributed by atoms with Crippen molar-refractivity contribution in [3.05, 3.63) is 18.1 Å². The van der Waals surface area contributed by atoms with Gasteiger partial charge in [0, 0.05) is 30.9 Å². The summed E-state index contributed by atoms with van der Waals surface area (Å²) in [6, 6.07) is -1.54. The number of ether oxygens (including phenoxy) is 1. The minimum atomic E-state index is -5.11. The van der Waals surface area contributed by atoms with Crippen LogP contribution in [0, 0.1) is 52.2 Å². The number of amides is 4. The molecule has 252 valence electrons. The molecule has 4 amide bonds. The number of nitriles is 1. The molecule has 17 heteroatoms. The summed E-state index contributed by atoms with van der Waals surface area (Å²) in [6.45, 7) is 3.66. The van der Waals surface area contributed by atoms with Crippen molar-refractivity contribution in [2.24, 2.45) is 35.0 Å². The van der Waals surface area contributed by atoms with E-state index in [1.54, 1.807) is 5.32 Å². The van der Waals surface area contributed by atoms with E-state index in [0.717, 1.165) is 22.1 Å². The van der Waals surface area contributed by atoms with Crippen molar-refractivity contribution in [2.75, 3.05) is 18.4 Å². The van der Waals surface area contributed by atoms with Crippen LogP contribution in [0.25, 0.3) is 0 Å². The van der Waals surface area contributed by atoms with Gasteiger partial charge in [-0.2, -0.15) is 14.0 Å². The summed E-state index contributed by atoms with van der Waals surface area (Å²) in [5.41, 5.74) is -4.66. The summed E-state index contributed by atoms with van der Waals surface area (Å²) < 4.78 is 89.4. The van der Waals surface area contributed by atoms with Crippen LogP contribution in [-0.4, -0.2) is 93.2 Å². The molecule has 1 aromatic heterocycles. The molecule has 47 heavy (non-hydrogen) atoms. The van der Waals surface area contributed by atoms with Gasteiger partial charge in [0.05, 0.1) is 18.8 Å². The number of rotatable bonds is 5. The lowest BCUT2D eigenvalue weighted by molar-refractivity contribution is -0.172. The number of nitrogens with zero attached hydrogens (tertiary/aromatic N) is 4. The third-order valence-electron chi connectivity index (χ3n) is 11.0. The molecule has 10 atom stereocenters. The number of hydrogen-bond acceptors (Lipinski definition) is 7. The number of fused-ring (bicyclic) bond motifs is 5. The molecule has 0 radical (unpaired) electrons. The fraction of sp³-hybridized carbons (Fsp3) is 0.667. The van der Waals surface area contributed by atoms with Crippen LogP contribution in [-0.2, 0) is 19.2 Å². The van der Waals surface area contributed by atoms with Gasteiger partial charge in [0.2, 0.25) is 17.4 Å². The van der Waals surface area contributed by atoms with Gasteiger partial charge in [-0.3, -0.25) is 19.2 Å². The number of pyridine rings is 1. The first-order valence-electron chi connectivity index (χ1n) is 15.2. The normalized spacial score (nSPS) is 36.9. The van der Waals surface area contributed by atoms with Gasteiger partial charge in [-0.15, -0.1) is 0 Å². The lowest BCUT2D eigenvalue weighted by Crippen LogP contribution is -2.61. The fourth-order valence-electron chi connectivity index (χ4n) is 8.82. The van der Waals surface area contributed by atoms with E-state index in [9.17, 15) is 46.4 Å². The van der Waals surface area contributed by atoms with E-state index in [1.807, 2.05) is 6.07 Å². The van der Waals surface area contributed by atoms with Crippen LogP contribution < -0.4 is 15.4 Å². The molecule has 6 aliphatic rings. The van der Waals surface area contributed by atoms with Gasteiger partial charge in [0.25, 0.3) is 11.8 Å². The molecule has 0 bridgehead atoms. The number of halogens is 6. The van der Waals surface area contributed by atoms with Crippen molar-refractivity contribution < 1.29 is 50.3 Å². The van der Waals surface area contributed by atoms with E-state index >= 15 is 4.39 Å². The Bertz CT molecular complexity index is 1650. The van der Waals surface area contributed by atoms with E-state index in [4.69, 9.17) is 4.74 Å². The predicted octanol–water partition coefficient (Wildman–Crippen LogP) is 2.28. The van der Waals surface area contributed by atoms with E-state index in [0.29, 0.717) is 0 Å². The lowest BCUT2D eigenvalue weighted by Gasteiger charge is -2.38. The molecule has 2 saturated heterocycles. The Kier molecular flexibility index (Phi) is 6.52. The minimum Gasteiger partial charge on any atom is -0.471 e. The number of hydrogen-bond donors (Lipinski definition) is 2. The first-order chi connectivity index (χ1) is 21.9. The average molecular weight is 669 g/mol. The summed E-state index contributed by atoms with van der Waals surface area (Å²) in [5, 5.41) is 14.3. The minimum absolute atomic E-state index is 0.0680. The highest BCUT2D eigenvalue weighted by atomic mass is 19.3. The molecule has 1 spiro atoms. The second kappa shape index (κ2) is 9.72. The van der Waals surface area contributed by atoms with Crippen molar-refractivity contribution >= 4 is 29.4 Å². The summed E-state index contributed by atoms with van der Waals surface area (Å²) >= 11 is 0. The van der Waals surface area contributed by atoms with Gasteiger partial charge in [0.1, 0.15) is 29.6 Å². The third kappa shape index (κ3) is 4.28. The van der Waals surface area contributed by atoms with Crippen molar-refractivity contribution in [3.8, 4) is 11.8 Å². The highest BCUT2D eigenvalue weighted by molar-refractivity contribution is 6.01. The average Bonchev–Trinajstić information content (AvgIpc) is 3.40. The monoisotopic (exact) mass is 668 g/mol. The van der Waals surface area contributed by atoms with Crippen molar-refractivity contribution in [1.82, 2.24) is 20.1 Å². The lowest BCUT2D eigenvalue weighted by atomic mass is 9.69. The van der Waals surface area contributed by atoms with Crippen molar-refractivity contribution in [1.29, 1.82) is 5.26 Å². The number of nitrogens with one attached hydrogen (secondary N) is 2. The van der Waals surface area contributed by atoms with E-state index < -0.39 is 95.0 Å². The maximum absolute atomic E-state index is 15.5. The highest BCUT2D eigenvalue weighted by Crippen LogP contribution is 2.82. The maximum Gasteiger partial charge on any atom is 0.383 e. The molecule has 1 aromatic rings. The first-order valence-corrected chi connectivity index (χ1v) is 15.2. The highest BCUT2D eigenvalue weighted by Gasteiger charge is 2.88. The zero-order valence-electron chi connectivity index (χ0n) is 25.3. The van der Waals surface area contributed by atoms with E-state index in [2.05, 4.69) is 10.3 Å². The second-order valence-corrected chi connectivity index (χ2v) is 14.6. The first kappa shape index (κ1) is 31.5. The molecule has 7 rings (SSSR count). The SMILES string of the molecule is CC(C)(C)[C@H](NC(=O)C(F)(F)C(F)F)C(=O)N1C[C@H]2[C@@H]([C@H]1C(=O)N1C[C@@]3(C[C@H]1C#N)Oc1cc(F)cnc1NC3=O)[C@@H]1C3[C@H]2C[C@@]31F. The smallest absolute Gasteiger partial charge is 0.383 e. The van der Waals surface area contributed by atoms with Crippen molar-refractivity contribution in [2.45, 2.75) is 75.4 Å². The predicted molar refractivity (Wildman–Crippen MR) is 146 cm³/mol. The van der Waals surface area contributed by atoms with Crippen LogP contribution in [0.1, 0.15) is 33.6 Å². The molecule has 4 heterocycles. The topological polar surface area (TPSA) is 145 Å². The molecule has 5 fully saturated rings. The van der Waals surface area contributed by atoms with Gasteiger partial charge >= 0.3 is 12.3 Å². The molecule has 11 nitrogen and oxygen atoms in total. The van der Waals surface area contributed by atoms with Gasteiger partial charge < -0.3 is 25.2 Å². The Morgan fingerprint density at radius 1 is 1.17 bits per heavy atom. The summed E-state index contributed by atoms with van der Waals surface area (Å²) in [5.74, 6) is -13.1. The second-order valence-electron chi connectivity index (χ2n) is 14.6. The molecule has 2 N–H and O–H groups in total. The Labute approximate surface area is 264 Å². The van der Waals surface area contributed by atoms with Crippen LogP contribution in [0.3, 0.4) is 0 Å². The van der Waals surface area contributed by atoms with Crippen LogP contribution in [0.2, 0.25) is 0 Å². The molecule has 3 saturated carbocycles. The van der Waals surface area contributed by atoms with Gasteiger partial charge in [-0.25, -0.2) is 22.5 Å². The number of aromatic nitrogens is 1. The Morgan fingerprint density at radius 3 is 2.51 bits per heavy atom. The number of anilines is 1. The van der Waals surface area contributed by atoms with E-state index in [-0.39, 0.29) is 48.7 Å². The molecule has 3 aliphatic heterocycles. The zero-order chi connectivity index (χ0) is 34.2.